The maximum Gasteiger partial charge on any atom is 0.297 e. The van der Waals surface area contributed by atoms with Gasteiger partial charge in [0.2, 0.25) is 11.5 Å². The first-order chi connectivity index (χ1) is 12.6. The highest BCUT2D eigenvalue weighted by molar-refractivity contribution is 6.01. The fourth-order valence-corrected chi connectivity index (χ4v) is 2.99. The Bertz CT molecular complexity index is 1150. The van der Waals surface area contributed by atoms with Crippen LogP contribution in [-0.2, 0) is 11.3 Å². The van der Waals surface area contributed by atoms with Gasteiger partial charge in [-0.2, -0.15) is 0 Å². The molecular formula is C20H17N3O3. The molecule has 1 atom stereocenters. The molecule has 2 aromatic carbocycles. The number of hydrogen-bond donors (Lipinski definition) is 1. The van der Waals surface area contributed by atoms with Crippen LogP contribution < -0.4 is 10.9 Å². The molecule has 6 heteroatoms. The maximum atomic E-state index is 12.6. The normalized spacial score (nSPS) is 12.3. The summed E-state index contributed by atoms with van der Waals surface area (Å²) in [5.41, 5.74) is 1.91. The first-order valence-corrected chi connectivity index (χ1v) is 8.34. The third-order valence-electron chi connectivity index (χ3n) is 4.34. The van der Waals surface area contributed by atoms with Crippen LogP contribution in [0.4, 0.5) is 0 Å². The second-order valence-corrected chi connectivity index (χ2v) is 6.15. The maximum absolute atomic E-state index is 12.6. The van der Waals surface area contributed by atoms with Gasteiger partial charge in [0.1, 0.15) is 17.6 Å². The Balaban J connectivity index is 1.59. The Labute approximate surface area is 149 Å². The minimum Gasteiger partial charge on any atom is -0.448 e. The molecule has 0 radical (unpaired) electrons. The number of para-hydroxylation sites is 1. The Kier molecular flexibility index (Phi) is 4.01. The van der Waals surface area contributed by atoms with Gasteiger partial charge in [0.15, 0.2) is 0 Å². The first-order valence-electron chi connectivity index (χ1n) is 8.34. The van der Waals surface area contributed by atoms with Crippen LogP contribution in [0.5, 0.6) is 0 Å². The van der Waals surface area contributed by atoms with Gasteiger partial charge in [-0.3, -0.25) is 14.2 Å². The Morgan fingerprint density at radius 2 is 1.88 bits per heavy atom. The fourth-order valence-electron chi connectivity index (χ4n) is 2.99. The lowest BCUT2D eigenvalue weighted by molar-refractivity contribution is -0.122. The second kappa shape index (κ2) is 6.48. The summed E-state index contributed by atoms with van der Waals surface area (Å²) in [7, 11) is 0. The van der Waals surface area contributed by atoms with Gasteiger partial charge in [-0.05, 0) is 24.6 Å². The van der Waals surface area contributed by atoms with Crippen molar-refractivity contribution in [1.29, 1.82) is 0 Å². The summed E-state index contributed by atoms with van der Waals surface area (Å²) in [5.74, 6) is -0.263. The van der Waals surface area contributed by atoms with Gasteiger partial charge in [-0.1, -0.05) is 42.5 Å². The van der Waals surface area contributed by atoms with Gasteiger partial charge in [0.25, 0.3) is 5.56 Å². The van der Waals surface area contributed by atoms with Crippen LogP contribution in [0.15, 0.2) is 70.1 Å². The first kappa shape index (κ1) is 16.1. The number of aromatic nitrogens is 2. The van der Waals surface area contributed by atoms with Crippen molar-refractivity contribution in [3.63, 3.8) is 0 Å². The molecule has 1 amide bonds. The molecule has 0 bridgehead atoms. The van der Waals surface area contributed by atoms with Gasteiger partial charge < -0.3 is 9.73 Å². The molecule has 2 aromatic heterocycles. The lowest BCUT2D eigenvalue weighted by Gasteiger charge is -2.14. The molecule has 0 spiro atoms. The Morgan fingerprint density at radius 3 is 2.69 bits per heavy atom. The topological polar surface area (TPSA) is 77.1 Å². The number of nitrogens with zero attached hydrogens (tertiary/aromatic N) is 2. The largest absolute Gasteiger partial charge is 0.448 e. The van der Waals surface area contributed by atoms with E-state index in [2.05, 4.69) is 10.3 Å². The summed E-state index contributed by atoms with van der Waals surface area (Å²) >= 11 is 0. The number of hydrogen-bond acceptors (Lipinski definition) is 4. The number of carbonyl (C=O) groups excluding carboxylic acids is 1. The van der Waals surface area contributed by atoms with Gasteiger partial charge in [-0.15, -0.1) is 0 Å². The predicted molar refractivity (Wildman–Crippen MR) is 98.8 cm³/mol. The highest BCUT2D eigenvalue weighted by atomic mass is 16.3. The van der Waals surface area contributed by atoms with E-state index in [0.29, 0.717) is 11.1 Å². The Morgan fingerprint density at radius 1 is 1.15 bits per heavy atom. The van der Waals surface area contributed by atoms with Gasteiger partial charge in [-0.25, -0.2) is 4.98 Å². The van der Waals surface area contributed by atoms with Crippen LogP contribution in [-0.4, -0.2) is 15.5 Å². The zero-order valence-electron chi connectivity index (χ0n) is 14.2. The van der Waals surface area contributed by atoms with Crippen molar-refractivity contribution in [1.82, 2.24) is 14.9 Å². The van der Waals surface area contributed by atoms with Crippen molar-refractivity contribution in [3.05, 3.63) is 76.8 Å². The van der Waals surface area contributed by atoms with Gasteiger partial charge >= 0.3 is 0 Å². The molecule has 26 heavy (non-hydrogen) atoms. The Hall–Kier alpha value is -3.41. The SMILES string of the molecule is CC(NC(=O)Cn1cnc2c(oc3ccccc32)c1=O)c1ccccc1. The molecule has 1 N–H and O–H groups in total. The molecule has 0 saturated carbocycles. The van der Waals surface area contributed by atoms with Crippen LogP contribution >= 0.6 is 0 Å². The average Bonchev–Trinajstić information content (AvgIpc) is 3.04. The lowest BCUT2D eigenvalue weighted by atomic mass is 10.1. The molecule has 6 nitrogen and oxygen atoms in total. The molecule has 130 valence electrons. The average molecular weight is 347 g/mol. The van der Waals surface area contributed by atoms with E-state index in [1.54, 1.807) is 6.07 Å². The van der Waals surface area contributed by atoms with Crippen molar-refractivity contribution in [2.24, 2.45) is 0 Å². The fraction of sp³-hybridized carbons (Fsp3) is 0.150. The number of furan rings is 1. The van der Waals surface area contributed by atoms with Crippen molar-refractivity contribution in [2.45, 2.75) is 19.5 Å². The van der Waals surface area contributed by atoms with E-state index >= 15 is 0 Å². The van der Waals surface area contributed by atoms with E-state index in [1.807, 2.05) is 55.5 Å². The van der Waals surface area contributed by atoms with E-state index in [0.717, 1.165) is 10.9 Å². The summed E-state index contributed by atoms with van der Waals surface area (Å²) in [4.78, 5) is 29.3. The molecule has 0 saturated heterocycles. The number of rotatable bonds is 4. The van der Waals surface area contributed by atoms with Crippen LogP contribution in [0.2, 0.25) is 0 Å². The minimum absolute atomic E-state index is 0.115. The summed E-state index contributed by atoms with van der Waals surface area (Å²) in [6.45, 7) is 1.78. The number of carbonyl (C=O) groups is 1. The third kappa shape index (κ3) is 2.86. The number of benzene rings is 2. The molecule has 1 unspecified atom stereocenters. The third-order valence-corrected chi connectivity index (χ3v) is 4.34. The highest BCUT2D eigenvalue weighted by Crippen LogP contribution is 2.24. The summed E-state index contributed by atoms with van der Waals surface area (Å²) in [5, 5.41) is 3.68. The molecule has 2 heterocycles. The molecular weight excluding hydrogens is 330 g/mol. The van der Waals surface area contributed by atoms with Crippen molar-refractivity contribution >= 4 is 28.0 Å². The highest BCUT2D eigenvalue weighted by Gasteiger charge is 2.15. The van der Waals surface area contributed by atoms with E-state index in [1.165, 1.54) is 10.9 Å². The van der Waals surface area contributed by atoms with Crippen LogP contribution in [0.3, 0.4) is 0 Å². The predicted octanol–water partition coefficient (Wildman–Crippen LogP) is 3.02. The zero-order valence-corrected chi connectivity index (χ0v) is 14.2. The number of fused-ring (bicyclic) bond motifs is 3. The molecule has 0 aliphatic rings. The van der Waals surface area contributed by atoms with E-state index in [9.17, 15) is 9.59 Å². The molecule has 0 aliphatic carbocycles. The van der Waals surface area contributed by atoms with Crippen LogP contribution in [0.1, 0.15) is 18.5 Å². The van der Waals surface area contributed by atoms with Crippen LogP contribution in [0, 0.1) is 0 Å². The standard InChI is InChI=1S/C20H17N3O3/c1-13(14-7-3-2-4-8-14)22-17(24)11-23-12-21-18-15-9-5-6-10-16(15)26-19(18)20(23)25/h2-10,12-13H,11H2,1H3,(H,22,24). The number of amides is 1. The van der Waals surface area contributed by atoms with Crippen molar-refractivity contribution in [2.75, 3.05) is 0 Å². The molecule has 4 aromatic rings. The molecule has 0 fully saturated rings. The van der Waals surface area contributed by atoms with Gasteiger partial charge in [0, 0.05) is 5.39 Å². The van der Waals surface area contributed by atoms with E-state index in [-0.39, 0.29) is 29.6 Å². The molecule has 0 aliphatic heterocycles. The lowest BCUT2D eigenvalue weighted by Crippen LogP contribution is -2.33. The summed E-state index contributed by atoms with van der Waals surface area (Å²) < 4.78 is 6.89. The number of nitrogens with one attached hydrogen (secondary N) is 1. The quantitative estimate of drug-likeness (QED) is 0.616. The van der Waals surface area contributed by atoms with Crippen LogP contribution in [0.25, 0.3) is 22.1 Å². The van der Waals surface area contributed by atoms with E-state index < -0.39 is 0 Å². The van der Waals surface area contributed by atoms with Crippen molar-refractivity contribution in [3.8, 4) is 0 Å². The zero-order chi connectivity index (χ0) is 18.1. The monoisotopic (exact) mass is 347 g/mol. The van der Waals surface area contributed by atoms with Gasteiger partial charge in [0.05, 0.1) is 12.4 Å². The second-order valence-electron chi connectivity index (χ2n) is 6.15. The van der Waals surface area contributed by atoms with E-state index in [4.69, 9.17) is 4.42 Å². The smallest absolute Gasteiger partial charge is 0.297 e. The summed E-state index contributed by atoms with van der Waals surface area (Å²) in [6, 6.07) is 16.8. The summed E-state index contributed by atoms with van der Waals surface area (Å²) in [6.07, 6.45) is 1.39. The molecule has 4 rings (SSSR count). The minimum atomic E-state index is -0.367. The van der Waals surface area contributed by atoms with Crippen molar-refractivity contribution < 1.29 is 9.21 Å².